The average Bonchev–Trinajstić information content (AvgIpc) is 2.24. The second-order valence-corrected chi connectivity index (χ2v) is 5.85. The number of halogens is 1. The van der Waals surface area contributed by atoms with Gasteiger partial charge < -0.3 is 9.64 Å². The highest BCUT2D eigenvalue weighted by Gasteiger charge is 2.36. The monoisotopic (exact) mass is 289 g/mol. The van der Waals surface area contributed by atoms with Gasteiger partial charge in [0.15, 0.2) is 5.60 Å². The number of rotatable bonds is 5. The van der Waals surface area contributed by atoms with Crippen LogP contribution in [0, 0.1) is 0 Å². The van der Waals surface area contributed by atoms with Crippen LogP contribution in [0.25, 0.3) is 0 Å². The van der Waals surface area contributed by atoms with Crippen molar-refractivity contribution < 1.29 is 14.3 Å². The molecule has 4 nitrogen and oxygen atoms in total. The molecule has 1 amide bonds. The molecule has 0 spiro atoms. The minimum atomic E-state index is -1.28. The topological polar surface area (TPSA) is 46.6 Å². The lowest BCUT2D eigenvalue weighted by Gasteiger charge is -2.33. The normalized spacial score (nSPS) is 12.8. The first-order chi connectivity index (χ1) is 8.54. The molecule has 5 heteroatoms. The van der Waals surface area contributed by atoms with E-state index in [1.54, 1.807) is 11.8 Å². The highest BCUT2D eigenvalue weighted by atomic mass is 35.5. The molecule has 0 aromatic heterocycles. The number of amides is 1. The molecule has 0 aliphatic heterocycles. The van der Waals surface area contributed by atoms with E-state index < -0.39 is 17.5 Å². The summed E-state index contributed by atoms with van der Waals surface area (Å²) >= 11 is 5.80. The van der Waals surface area contributed by atoms with Gasteiger partial charge in [0, 0.05) is 12.1 Å². The van der Waals surface area contributed by atoms with Crippen LogP contribution in [0.2, 0.25) is 0 Å². The lowest BCUT2D eigenvalue weighted by molar-refractivity contribution is -0.131. The van der Waals surface area contributed by atoms with Crippen LogP contribution < -0.4 is 0 Å². The van der Waals surface area contributed by atoms with E-state index in [0.29, 0.717) is 0 Å². The number of allylic oxidation sites excluding steroid dienone is 1. The number of hydrogen-bond donors (Lipinski definition) is 0. The van der Waals surface area contributed by atoms with Gasteiger partial charge in [-0.1, -0.05) is 17.7 Å². The van der Waals surface area contributed by atoms with Crippen molar-refractivity contribution in [1.29, 1.82) is 0 Å². The Morgan fingerprint density at radius 3 is 1.89 bits per heavy atom. The quantitative estimate of drug-likeness (QED) is 0.725. The first-order valence-electron chi connectivity index (χ1n) is 6.42. The summed E-state index contributed by atoms with van der Waals surface area (Å²) in [5.74, 6) is -0.405. The zero-order valence-corrected chi connectivity index (χ0v) is 13.5. The molecule has 0 aromatic rings. The highest BCUT2D eigenvalue weighted by Crippen LogP contribution is 2.21. The summed E-state index contributed by atoms with van der Waals surface area (Å²) in [5, 5.41) is 0.0680. The number of ketones is 1. The van der Waals surface area contributed by atoms with Crippen molar-refractivity contribution in [3.8, 4) is 0 Å². The summed E-state index contributed by atoms with van der Waals surface area (Å²) in [6.45, 7) is 12.3. The molecule has 0 saturated heterocycles. The summed E-state index contributed by atoms with van der Waals surface area (Å²) in [6.07, 6.45) is 0.978. The first kappa shape index (κ1) is 18.0. The fourth-order valence-corrected chi connectivity index (χ4v) is 1.98. The molecule has 0 aliphatic rings. The maximum Gasteiger partial charge on any atom is 0.411 e. The summed E-state index contributed by atoms with van der Waals surface area (Å²) in [7, 11) is 0. The maximum absolute atomic E-state index is 12.1. The predicted molar refractivity (Wildman–Crippen MR) is 77.3 cm³/mol. The SMILES string of the molecule is C/C=C(\Cl)C(=O)C(C)(C)OC(=O)N(C(C)C)C(C)C. The molecule has 0 saturated carbocycles. The van der Waals surface area contributed by atoms with Gasteiger partial charge in [-0.05, 0) is 48.5 Å². The Morgan fingerprint density at radius 1 is 1.16 bits per heavy atom. The maximum atomic E-state index is 12.1. The van der Waals surface area contributed by atoms with Crippen LogP contribution in [0.3, 0.4) is 0 Å². The molecule has 19 heavy (non-hydrogen) atoms. The van der Waals surface area contributed by atoms with Crippen LogP contribution in [-0.2, 0) is 9.53 Å². The number of ether oxygens (including phenoxy) is 1. The number of carbonyl (C=O) groups excluding carboxylic acids is 2. The zero-order chi connectivity index (χ0) is 15.4. The third kappa shape index (κ3) is 4.86. The minimum absolute atomic E-state index is 0.00408. The molecule has 0 bridgehead atoms. The van der Waals surface area contributed by atoms with Crippen LogP contribution >= 0.6 is 11.6 Å². The van der Waals surface area contributed by atoms with E-state index >= 15 is 0 Å². The van der Waals surface area contributed by atoms with Crippen molar-refractivity contribution in [2.75, 3.05) is 0 Å². The molecular weight excluding hydrogens is 266 g/mol. The Hall–Kier alpha value is -1.03. The minimum Gasteiger partial charge on any atom is -0.435 e. The molecule has 0 N–H and O–H groups in total. The van der Waals surface area contributed by atoms with E-state index in [4.69, 9.17) is 16.3 Å². The van der Waals surface area contributed by atoms with Gasteiger partial charge in [-0.25, -0.2) is 4.79 Å². The van der Waals surface area contributed by atoms with Gasteiger partial charge in [0.1, 0.15) is 0 Å². The molecule has 0 aromatic carbocycles. The van der Waals surface area contributed by atoms with E-state index in [-0.39, 0.29) is 17.1 Å². The van der Waals surface area contributed by atoms with Gasteiger partial charge in [0.05, 0.1) is 5.03 Å². The largest absolute Gasteiger partial charge is 0.435 e. The number of Topliss-reactive ketones (excluding diaryl/α,β-unsaturated/α-hetero) is 1. The van der Waals surface area contributed by atoms with E-state index in [9.17, 15) is 9.59 Å². The standard InChI is InChI=1S/C14H24ClNO3/c1-8-11(15)12(17)14(6,7)19-13(18)16(9(2)3)10(4)5/h8-10H,1-7H3/b11-8-. The molecule has 0 fully saturated rings. The van der Waals surface area contributed by atoms with Crippen LogP contribution in [0.4, 0.5) is 4.79 Å². The second kappa shape index (κ2) is 6.94. The lowest BCUT2D eigenvalue weighted by atomic mass is 10.0. The van der Waals surface area contributed by atoms with Crippen molar-refractivity contribution in [2.24, 2.45) is 0 Å². The molecule has 0 unspecified atom stereocenters. The number of carbonyl (C=O) groups is 2. The lowest BCUT2D eigenvalue weighted by Crippen LogP contribution is -2.47. The Labute approximate surface area is 120 Å². The number of nitrogens with zero attached hydrogens (tertiary/aromatic N) is 1. The van der Waals surface area contributed by atoms with Gasteiger partial charge in [-0.3, -0.25) is 4.79 Å². The van der Waals surface area contributed by atoms with Crippen LogP contribution in [0.5, 0.6) is 0 Å². The van der Waals surface area contributed by atoms with Gasteiger partial charge in [0.2, 0.25) is 5.78 Å². The fourth-order valence-electron chi connectivity index (χ4n) is 1.75. The predicted octanol–water partition coefficient (Wildman–Crippen LogP) is 3.73. The molecule has 0 heterocycles. The van der Waals surface area contributed by atoms with Crippen molar-refractivity contribution in [3.63, 3.8) is 0 Å². The summed E-state index contributed by atoms with van der Waals surface area (Å²) in [4.78, 5) is 25.7. The van der Waals surface area contributed by atoms with E-state index in [1.165, 1.54) is 19.9 Å². The van der Waals surface area contributed by atoms with Crippen molar-refractivity contribution >= 4 is 23.5 Å². The first-order valence-corrected chi connectivity index (χ1v) is 6.80. The van der Waals surface area contributed by atoms with Gasteiger partial charge in [0.25, 0.3) is 0 Å². The fraction of sp³-hybridized carbons (Fsp3) is 0.714. The molecule has 0 rings (SSSR count). The van der Waals surface area contributed by atoms with Crippen LogP contribution in [0.1, 0.15) is 48.5 Å². The average molecular weight is 290 g/mol. The van der Waals surface area contributed by atoms with Crippen LogP contribution in [0.15, 0.2) is 11.1 Å². The summed E-state index contributed by atoms with van der Waals surface area (Å²) in [6, 6.07) is -0.00816. The molecule has 0 atom stereocenters. The highest BCUT2D eigenvalue weighted by molar-refractivity contribution is 6.43. The van der Waals surface area contributed by atoms with Crippen molar-refractivity contribution in [2.45, 2.75) is 66.2 Å². The third-order valence-corrected chi connectivity index (χ3v) is 3.07. The molecule has 0 aliphatic carbocycles. The summed E-state index contributed by atoms with van der Waals surface area (Å²) in [5.41, 5.74) is -1.28. The van der Waals surface area contributed by atoms with E-state index in [0.717, 1.165) is 0 Å². The Morgan fingerprint density at radius 2 is 1.58 bits per heavy atom. The molecule has 110 valence electrons. The van der Waals surface area contributed by atoms with Crippen LogP contribution in [-0.4, -0.2) is 34.5 Å². The van der Waals surface area contributed by atoms with E-state index in [2.05, 4.69) is 0 Å². The third-order valence-electron chi connectivity index (χ3n) is 2.68. The van der Waals surface area contributed by atoms with Gasteiger partial charge >= 0.3 is 6.09 Å². The smallest absolute Gasteiger partial charge is 0.411 e. The van der Waals surface area contributed by atoms with Crippen molar-refractivity contribution in [3.05, 3.63) is 11.1 Å². The zero-order valence-electron chi connectivity index (χ0n) is 12.8. The number of hydrogen-bond acceptors (Lipinski definition) is 3. The van der Waals surface area contributed by atoms with Crippen molar-refractivity contribution in [1.82, 2.24) is 4.90 Å². The Balaban J connectivity index is 5.02. The van der Waals surface area contributed by atoms with E-state index in [1.807, 2.05) is 27.7 Å². The van der Waals surface area contributed by atoms with Gasteiger partial charge in [-0.2, -0.15) is 0 Å². The second-order valence-electron chi connectivity index (χ2n) is 5.44. The summed E-state index contributed by atoms with van der Waals surface area (Å²) < 4.78 is 5.32. The molecular formula is C14H24ClNO3. The Kier molecular flexibility index (Phi) is 6.57. The van der Waals surface area contributed by atoms with Gasteiger partial charge in [-0.15, -0.1) is 0 Å². The molecule has 0 radical (unpaired) electrons. The Bertz CT molecular complexity index is 365.